The Morgan fingerprint density at radius 1 is 1.47 bits per heavy atom. The van der Waals surface area contributed by atoms with Gasteiger partial charge in [0.05, 0.1) is 12.3 Å². The summed E-state index contributed by atoms with van der Waals surface area (Å²) in [6, 6.07) is 3.54. The predicted octanol–water partition coefficient (Wildman–Crippen LogP) is 2.84. The Labute approximate surface area is 102 Å². The Kier molecular flexibility index (Phi) is 5.46. The summed E-state index contributed by atoms with van der Waals surface area (Å²) < 4.78 is 5.54. The fourth-order valence-corrected chi connectivity index (χ4v) is 1.66. The minimum Gasteiger partial charge on any atom is -0.492 e. The maximum Gasteiger partial charge on any atom is 0.312 e. The predicted molar refractivity (Wildman–Crippen MR) is 65.3 cm³/mol. The van der Waals surface area contributed by atoms with Crippen LogP contribution in [0.15, 0.2) is 18.3 Å². The van der Waals surface area contributed by atoms with Gasteiger partial charge in [-0.3, -0.25) is 9.78 Å². The molecule has 4 heteroatoms. The first-order chi connectivity index (χ1) is 8.20. The Bertz CT molecular complexity index is 365. The Balaban J connectivity index is 2.96. The highest BCUT2D eigenvalue weighted by atomic mass is 16.5. The summed E-state index contributed by atoms with van der Waals surface area (Å²) in [4.78, 5) is 15.4. The molecule has 0 fully saturated rings. The van der Waals surface area contributed by atoms with Crippen molar-refractivity contribution in [1.29, 1.82) is 0 Å². The number of hydrogen-bond donors (Lipinski definition) is 1. The van der Waals surface area contributed by atoms with Crippen LogP contribution in [0.2, 0.25) is 0 Å². The molecule has 0 aliphatic heterocycles. The summed E-state index contributed by atoms with van der Waals surface area (Å²) in [6.45, 7) is 4.55. The number of carboxylic acids is 1. The second kappa shape index (κ2) is 6.89. The van der Waals surface area contributed by atoms with E-state index in [1.54, 1.807) is 18.3 Å². The average Bonchev–Trinajstić information content (AvgIpc) is 2.33. The molecule has 0 radical (unpaired) electrons. The van der Waals surface area contributed by atoms with Crippen LogP contribution in [-0.4, -0.2) is 22.7 Å². The van der Waals surface area contributed by atoms with Crippen LogP contribution in [-0.2, 0) is 4.79 Å². The lowest BCUT2D eigenvalue weighted by atomic mass is 9.98. The van der Waals surface area contributed by atoms with E-state index in [4.69, 9.17) is 4.74 Å². The number of nitrogens with zero attached hydrogens (tertiary/aromatic N) is 1. The third-order valence-corrected chi connectivity index (χ3v) is 2.47. The van der Waals surface area contributed by atoms with Crippen LogP contribution in [0.4, 0.5) is 0 Å². The van der Waals surface area contributed by atoms with E-state index in [2.05, 4.69) is 4.98 Å². The molecule has 0 spiro atoms. The third kappa shape index (κ3) is 3.73. The van der Waals surface area contributed by atoms with Gasteiger partial charge in [0.15, 0.2) is 0 Å². The van der Waals surface area contributed by atoms with Crippen LogP contribution < -0.4 is 4.74 Å². The lowest BCUT2D eigenvalue weighted by Gasteiger charge is -2.15. The van der Waals surface area contributed by atoms with Crippen molar-refractivity contribution < 1.29 is 14.6 Å². The maximum absolute atomic E-state index is 11.2. The number of pyridine rings is 1. The zero-order valence-electron chi connectivity index (χ0n) is 10.3. The summed E-state index contributed by atoms with van der Waals surface area (Å²) in [6.07, 6.45) is 3.88. The normalized spacial score (nSPS) is 12.1. The molecule has 1 aromatic heterocycles. The SMILES string of the molecule is CCCOc1cccnc1C(CCC)C(=O)O. The second-order valence-electron chi connectivity index (χ2n) is 3.91. The molecule has 0 aliphatic carbocycles. The molecule has 1 aromatic rings. The van der Waals surface area contributed by atoms with Crippen molar-refractivity contribution in [2.24, 2.45) is 0 Å². The number of hydrogen-bond acceptors (Lipinski definition) is 3. The fraction of sp³-hybridized carbons (Fsp3) is 0.538. The molecule has 0 aromatic carbocycles. The summed E-state index contributed by atoms with van der Waals surface area (Å²) in [5.74, 6) is -0.824. The van der Waals surface area contributed by atoms with Crippen LogP contribution in [0.3, 0.4) is 0 Å². The molecule has 1 unspecified atom stereocenters. The molecule has 94 valence electrons. The average molecular weight is 237 g/mol. The van der Waals surface area contributed by atoms with Crippen LogP contribution in [0.5, 0.6) is 5.75 Å². The number of aromatic nitrogens is 1. The van der Waals surface area contributed by atoms with Crippen molar-refractivity contribution in [1.82, 2.24) is 4.98 Å². The Morgan fingerprint density at radius 3 is 2.82 bits per heavy atom. The van der Waals surface area contributed by atoms with Gasteiger partial charge in [-0.15, -0.1) is 0 Å². The van der Waals surface area contributed by atoms with Crippen molar-refractivity contribution >= 4 is 5.97 Å². The first-order valence-corrected chi connectivity index (χ1v) is 6.01. The number of carbonyl (C=O) groups is 1. The zero-order valence-corrected chi connectivity index (χ0v) is 10.3. The molecule has 1 atom stereocenters. The monoisotopic (exact) mass is 237 g/mol. The van der Waals surface area contributed by atoms with Crippen molar-refractivity contribution in [2.45, 2.75) is 39.0 Å². The molecule has 0 bridgehead atoms. The molecule has 0 amide bonds. The summed E-state index contributed by atoms with van der Waals surface area (Å²) in [7, 11) is 0. The van der Waals surface area contributed by atoms with Crippen LogP contribution in [0, 0.1) is 0 Å². The van der Waals surface area contributed by atoms with Gasteiger partial charge in [0.2, 0.25) is 0 Å². The molecule has 1 rings (SSSR count). The van der Waals surface area contributed by atoms with Crippen LogP contribution >= 0.6 is 0 Å². The highest BCUT2D eigenvalue weighted by molar-refractivity contribution is 5.76. The van der Waals surface area contributed by atoms with Crippen LogP contribution in [0.25, 0.3) is 0 Å². The lowest BCUT2D eigenvalue weighted by molar-refractivity contribution is -0.139. The van der Waals surface area contributed by atoms with E-state index in [1.165, 1.54) is 0 Å². The molecule has 0 saturated carbocycles. The molecule has 17 heavy (non-hydrogen) atoms. The van der Waals surface area contributed by atoms with Crippen molar-refractivity contribution in [3.8, 4) is 5.75 Å². The molecule has 4 nitrogen and oxygen atoms in total. The topological polar surface area (TPSA) is 59.4 Å². The minimum absolute atomic E-state index is 0.537. The molecule has 1 N–H and O–H groups in total. The number of aliphatic carboxylic acids is 1. The first-order valence-electron chi connectivity index (χ1n) is 6.01. The first kappa shape index (κ1) is 13.5. The van der Waals surface area contributed by atoms with Gasteiger partial charge in [-0.05, 0) is 25.0 Å². The largest absolute Gasteiger partial charge is 0.492 e. The van der Waals surface area contributed by atoms with Gasteiger partial charge in [0, 0.05) is 6.20 Å². The summed E-state index contributed by atoms with van der Waals surface area (Å²) >= 11 is 0. The Hall–Kier alpha value is -1.58. The van der Waals surface area contributed by atoms with E-state index in [-0.39, 0.29) is 0 Å². The van der Waals surface area contributed by atoms with E-state index in [0.29, 0.717) is 24.5 Å². The van der Waals surface area contributed by atoms with Gasteiger partial charge < -0.3 is 9.84 Å². The van der Waals surface area contributed by atoms with Gasteiger partial charge in [0.25, 0.3) is 0 Å². The van der Waals surface area contributed by atoms with Gasteiger partial charge in [-0.2, -0.15) is 0 Å². The highest BCUT2D eigenvalue weighted by Gasteiger charge is 2.23. The summed E-state index contributed by atoms with van der Waals surface area (Å²) in [5.41, 5.74) is 0.537. The lowest BCUT2D eigenvalue weighted by Crippen LogP contribution is -2.14. The van der Waals surface area contributed by atoms with Gasteiger partial charge in [-0.25, -0.2) is 0 Å². The standard InChI is InChI=1S/C13H19NO3/c1-3-6-10(13(15)16)12-11(17-9-4-2)7-5-8-14-12/h5,7-8,10H,3-4,6,9H2,1-2H3,(H,15,16). The minimum atomic E-state index is -0.841. The number of carboxylic acid groups (broad SMARTS) is 1. The molecular formula is C13H19NO3. The van der Waals surface area contributed by atoms with Crippen molar-refractivity contribution in [3.63, 3.8) is 0 Å². The zero-order chi connectivity index (χ0) is 12.7. The van der Waals surface area contributed by atoms with E-state index >= 15 is 0 Å². The smallest absolute Gasteiger partial charge is 0.312 e. The van der Waals surface area contributed by atoms with Crippen molar-refractivity contribution in [3.05, 3.63) is 24.0 Å². The molecule has 0 aliphatic rings. The molecule has 1 heterocycles. The van der Waals surface area contributed by atoms with Gasteiger partial charge in [0.1, 0.15) is 11.7 Å². The van der Waals surface area contributed by atoms with E-state index in [9.17, 15) is 9.90 Å². The van der Waals surface area contributed by atoms with E-state index in [0.717, 1.165) is 12.8 Å². The fourth-order valence-electron chi connectivity index (χ4n) is 1.66. The molecular weight excluding hydrogens is 218 g/mol. The number of ether oxygens (including phenoxy) is 1. The maximum atomic E-state index is 11.2. The van der Waals surface area contributed by atoms with Gasteiger partial charge in [-0.1, -0.05) is 20.3 Å². The Morgan fingerprint density at radius 2 is 2.24 bits per heavy atom. The molecule has 0 saturated heterocycles. The van der Waals surface area contributed by atoms with Crippen LogP contribution in [0.1, 0.15) is 44.7 Å². The number of rotatable bonds is 7. The van der Waals surface area contributed by atoms with Gasteiger partial charge >= 0.3 is 5.97 Å². The van der Waals surface area contributed by atoms with Crippen molar-refractivity contribution in [2.75, 3.05) is 6.61 Å². The highest BCUT2D eigenvalue weighted by Crippen LogP contribution is 2.28. The van der Waals surface area contributed by atoms with E-state index in [1.807, 2.05) is 13.8 Å². The van der Waals surface area contributed by atoms with E-state index < -0.39 is 11.9 Å². The third-order valence-electron chi connectivity index (χ3n) is 2.47. The quantitative estimate of drug-likeness (QED) is 0.792. The summed E-state index contributed by atoms with van der Waals surface area (Å²) in [5, 5.41) is 9.21. The second-order valence-corrected chi connectivity index (χ2v) is 3.91.